The predicted molar refractivity (Wildman–Crippen MR) is 70.4 cm³/mol. The van der Waals surface area contributed by atoms with Gasteiger partial charge < -0.3 is 19.9 Å². The summed E-state index contributed by atoms with van der Waals surface area (Å²) >= 11 is 0. The van der Waals surface area contributed by atoms with E-state index in [1.807, 2.05) is 0 Å². The quantitative estimate of drug-likeness (QED) is 0.780. The van der Waals surface area contributed by atoms with Crippen molar-refractivity contribution in [1.29, 1.82) is 0 Å². The minimum absolute atomic E-state index is 0.0257. The number of carbonyl (C=O) groups is 2. The molecule has 0 aromatic heterocycles. The minimum atomic E-state index is -0.645. The fourth-order valence-corrected chi connectivity index (χ4v) is 1.93. The molecule has 1 amide bonds. The fraction of sp³-hybridized carbons (Fsp3) is 0.429. The van der Waals surface area contributed by atoms with E-state index in [9.17, 15) is 14.7 Å². The van der Waals surface area contributed by atoms with Crippen LogP contribution in [0.5, 0.6) is 5.75 Å². The van der Waals surface area contributed by atoms with Crippen LogP contribution in [0.3, 0.4) is 0 Å². The molecule has 1 heterocycles. The molecule has 20 heavy (non-hydrogen) atoms. The van der Waals surface area contributed by atoms with Crippen molar-refractivity contribution in [1.82, 2.24) is 5.32 Å². The van der Waals surface area contributed by atoms with Gasteiger partial charge in [-0.1, -0.05) is 6.07 Å². The first kappa shape index (κ1) is 14.3. The normalized spacial score (nSPS) is 17.7. The number of carbonyl (C=O) groups excluding carboxylic acids is 2. The highest BCUT2D eigenvalue weighted by Gasteiger charge is 2.17. The molecule has 0 saturated carbocycles. The Morgan fingerprint density at radius 3 is 3.00 bits per heavy atom. The molecule has 108 valence electrons. The highest BCUT2D eigenvalue weighted by molar-refractivity contribution is 5.91. The van der Waals surface area contributed by atoms with Crippen LogP contribution in [0.4, 0.5) is 0 Å². The highest BCUT2D eigenvalue weighted by Crippen LogP contribution is 2.12. The van der Waals surface area contributed by atoms with Gasteiger partial charge in [0.05, 0.1) is 11.7 Å². The average Bonchev–Trinajstić information content (AvgIpc) is 2.95. The minimum Gasteiger partial charge on any atom is -0.508 e. The van der Waals surface area contributed by atoms with E-state index in [0.29, 0.717) is 6.54 Å². The molecule has 0 spiro atoms. The van der Waals surface area contributed by atoms with Gasteiger partial charge in [-0.05, 0) is 31.0 Å². The van der Waals surface area contributed by atoms with Crippen molar-refractivity contribution in [3.63, 3.8) is 0 Å². The first-order chi connectivity index (χ1) is 9.65. The van der Waals surface area contributed by atoms with Crippen molar-refractivity contribution in [2.75, 3.05) is 19.8 Å². The Labute approximate surface area is 116 Å². The van der Waals surface area contributed by atoms with E-state index in [4.69, 9.17) is 9.47 Å². The summed E-state index contributed by atoms with van der Waals surface area (Å²) in [5.74, 6) is -1.04. The first-order valence-electron chi connectivity index (χ1n) is 6.49. The lowest BCUT2D eigenvalue weighted by atomic mass is 10.2. The molecule has 0 aliphatic carbocycles. The number of rotatable bonds is 5. The molecule has 1 saturated heterocycles. The Hall–Kier alpha value is -2.08. The summed E-state index contributed by atoms with van der Waals surface area (Å²) < 4.78 is 10.2. The Bertz CT molecular complexity index is 482. The summed E-state index contributed by atoms with van der Waals surface area (Å²) in [5.41, 5.74) is 0.205. The highest BCUT2D eigenvalue weighted by atomic mass is 16.5. The third kappa shape index (κ3) is 4.24. The maximum absolute atomic E-state index is 11.6. The van der Waals surface area contributed by atoms with Gasteiger partial charge in [-0.25, -0.2) is 4.79 Å². The van der Waals surface area contributed by atoms with Crippen molar-refractivity contribution in [3.8, 4) is 5.75 Å². The van der Waals surface area contributed by atoms with Crippen molar-refractivity contribution < 1.29 is 24.2 Å². The third-order valence-corrected chi connectivity index (χ3v) is 2.97. The summed E-state index contributed by atoms with van der Waals surface area (Å²) in [6.07, 6.45) is 2.00. The molecule has 1 aliphatic heterocycles. The number of esters is 1. The monoisotopic (exact) mass is 279 g/mol. The second kappa shape index (κ2) is 6.91. The van der Waals surface area contributed by atoms with Crippen molar-refractivity contribution in [3.05, 3.63) is 29.8 Å². The van der Waals surface area contributed by atoms with Crippen LogP contribution in [-0.4, -0.2) is 42.8 Å². The summed E-state index contributed by atoms with van der Waals surface area (Å²) in [5, 5.41) is 11.9. The SMILES string of the molecule is O=C(COC(=O)c1cccc(O)c1)NC[C@@H]1CCCO1. The van der Waals surface area contributed by atoms with Gasteiger partial charge in [0.1, 0.15) is 5.75 Å². The van der Waals surface area contributed by atoms with Crippen LogP contribution in [0.25, 0.3) is 0 Å². The molecule has 1 aromatic rings. The van der Waals surface area contributed by atoms with Crippen molar-refractivity contribution >= 4 is 11.9 Å². The molecular weight excluding hydrogens is 262 g/mol. The number of phenols is 1. The number of amides is 1. The Kier molecular flexibility index (Phi) is 4.95. The van der Waals surface area contributed by atoms with E-state index in [1.54, 1.807) is 0 Å². The van der Waals surface area contributed by atoms with Crippen LogP contribution in [-0.2, 0) is 14.3 Å². The standard InChI is InChI=1S/C14H17NO5/c16-11-4-1-3-10(7-11)14(18)20-9-13(17)15-8-12-5-2-6-19-12/h1,3-4,7,12,16H,2,5-6,8-9H2,(H,15,17)/t12-/m0/s1. The lowest BCUT2D eigenvalue weighted by molar-refractivity contribution is -0.124. The number of phenolic OH excluding ortho intramolecular Hbond substituents is 1. The van der Waals surface area contributed by atoms with Crippen LogP contribution in [0, 0.1) is 0 Å². The number of nitrogens with one attached hydrogen (secondary N) is 1. The number of benzene rings is 1. The predicted octanol–water partition coefficient (Wildman–Crippen LogP) is 0.844. The Morgan fingerprint density at radius 2 is 2.30 bits per heavy atom. The van der Waals surface area contributed by atoms with Crippen LogP contribution < -0.4 is 5.32 Å². The molecule has 1 fully saturated rings. The van der Waals surface area contributed by atoms with E-state index >= 15 is 0 Å². The second-order valence-electron chi connectivity index (χ2n) is 4.57. The molecule has 2 N–H and O–H groups in total. The number of ether oxygens (including phenoxy) is 2. The van der Waals surface area contributed by atoms with E-state index in [2.05, 4.69) is 5.32 Å². The molecule has 1 aliphatic rings. The molecule has 6 heteroatoms. The smallest absolute Gasteiger partial charge is 0.338 e. The number of aromatic hydroxyl groups is 1. The molecule has 1 atom stereocenters. The fourth-order valence-electron chi connectivity index (χ4n) is 1.93. The van der Waals surface area contributed by atoms with Gasteiger partial charge in [0.2, 0.25) is 0 Å². The van der Waals surface area contributed by atoms with Crippen LogP contribution >= 0.6 is 0 Å². The second-order valence-corrected chi connectivity index (χ2v) is 4.57. The molecule has 6 nitrogen and oxygen atoms in total. The molecule has 0 radical (unpaired) electrons. The molecule has 1 aromatic carbocycles. The topological polar surface area (TPSA) is 84.9 Å². The summed E-state index contributed by atoms with van der Waals surface area (Å²) in [6.45, 7) is 0.816. The van der Waals surface area contributed by atoms with Gasteiger partial charge in [0.25, 0.3) is 5.91 Å². The van der Waals surface area contributed by atoms with Gasteiger partial charge in [-0.3, -0.25) is 4.79 Å². The van der Waals surface area contributed by atoms with Crippen molar-refractivity contribution in [2.45, 2.75) is 18.9 Å². The zero-order chi connectivity index (χ0) is 14.4. The average molecular weight is 279 g/mol. The van der Waals surface area contributed by atoms with Gasteiger partial charge >= 0.3 is 5.97 Å². The molecule has 0 bridgehead atoms. The lowest BCUT2D eigenvalue weighted by Gasteiger charge is -2.11. The maximum Gasteiger partial charge on any atom is 0.338 e. The lowest BCUT2D eigenvalue weighted by Crippen LogP contribution is -2.34. The summed E-state index contributed by atoms with van der Waals surface area (Å²) in [7, 11) is 0. The maximum atomic E-state index is 11.6. The number of hydrogen-bond acceptors (Lipinski definition) is 5. The third-order valence-electron chi connectivity index (χ3n) is 2.97. The van der Waals surface area contributed by atoms with E-state index in [-0.39, 0.29) is 29.9 Å². The Balaban J connectivity index is 1.71. The number of hydrogen-bond donors (Lipinski definition) is 2. The van der Waals surface area contributed by atoms with Gasteiger partial charge in [-0.15, -0.1) is 0 Å². The van der Waals surface area contributed by atoms with E-state index in [1.165, 1.54) is 24.3 Å². The zero-order valence-corrected chi connectivity index (χ0v) is 11.0. The molecule has 2 rings (SSSR count). The van der Waals surface area contributed by atoms with Gasteiger partial charge in [0.15, 0.2) is 6.61 Å². The summed E-state index contributed by atoms with van der Waals surface area (Å²) in [4.78, 5) is 23.1. The molecule has 0 unspecified atom stereocenters. The zero-order valence-electron chi connectivity index (χ0n) is 11.0. The van der Waals surface area contributed by atoms with Crippen LogP contribution in [0.1, 0.15) is 23.2 Å². The summed E-state index contributed by atoms with van der Waals surface area (Å²) in [6, 6.07) is 5.77. The Morgan fingerprint density at radius 1 is 1.45 bits per heavy atom. The van der Waals surface area contributed by atoms with Gasteiger partial charge in [-0.2, -0.15) is 0 Å². The first-order valence-corrected chi connectivity index (χ1v) is 6.49. The molecular formula is C14H17NO5. The largest absolute Gasteiger partial charge is 0.508 e. The van der Waals surface area contributed by atoms with Crippen LogP contribution in [0.2, 0.25) is 0 Å². The van der Waals surface area contributed by atoms with Crippen molar-refractivity contribution in [2.24, 2.45) is 0 Å². The van der Waals surface area contributed by atoms with Gasteiger partial charge in [0, 0.05) is 13.2 Å². The van der Waals surface area contributed by atoms with E-state index in [0.717, 1.165) is 19.4 Å². The van der Waals surface area contributed by atoms with E-state index < -0.39 is 5.97 Å². The van der Waals surface area contributed by atoms with Crippen LogP contribution in [0.15, 0.2) is 24.3 Å².